The molecule has 1 aliphatic carbocycles. The van der Waals surface area contributed by atoms with Crippen LogP contribution < -0.4 is 4.90 Å². The lowest BCUT2D eigenvalue weighted by molar-refractivity contribution is -0.138. The summed E-state index contributed by atoms with van der Waals surface area (Å²) in [6.45, 7) is 4.45. The van der Waals surface area contributed by atoms with Crippen molar-refractivity contribution in [3.8, 4) is 0 Å². The molecule has 21 heavy (non-hydrogen) atoms. The molecule has 0 spiro atoms. The Morgan fingerprint density at radius 3 is 3.00 bits per heavy atom. The fourth-order valence-electron chi connectivity index (χ4n) is 3.92. The summed E-state index contributed by atoms with van der Waals surface area (Å²) in [7, 11) is 0. The third-order valence-corrected chi connectivity index (χ3v) is 6.30. The molecule has 2 aliphatic heterocycles. The standard InChI is InChI=1S/C15H21N3O2S/c19-14(20)11-4-5-12-13(11)16-15(21-12)18-8-7-17-6-2-1-3-10(17)9-18/h10-11H,1-9H2,(H,19,20). The van der Waals surface area contributed by atoms with Gasteiger partial charge in [-0.1, -0.05) is 6.42 Å². The number of piperazine rings is 1. The lowest BCUT2D eigenvalue weighted by Crippen LogP contribution is -2.54. The maximum atomic E-state index is 11.3. The molecule has 2 atom stereocenters. The van der Waals surface area contributed by atoms with E-state index in [2.05, 4.69) is 9.80 Å². The number of hydrogen-bond acceptors (Lipinski definition) is 5. The van der Waals surface area contributed by atoms with Crippen LogP contribution in [0.1, 0.15) is 42.2 Å². The van der Waals surface area contributed by atoms with Crippen LogP contribution in [0.2, 0.25) is 0 Å². The molecule has 114 valence electrons. The maximum Gasteiger partial charge on any atom is 0.312 e. The van der Waals surface area contributed by atoms with Crippen molar-refractivity contribution in [2.45, 2.75) is 44.1 Å². The second-order valence-corrected chi connectivity index (χ2v) is 7.43. The normalized spacial score (nSPS) is 29.2. The van der Waals surface area contributed by atoms with E-state index in [0.717, 1.165) is 43.3 Å². The van der Waals surface area contributed by atoms with E-state index in [9.17, 15) is 9.90 Å². The first kappa shape index (κ1) is 13.5. The molecule has 0 amide bonds. The van der Waals surface area contributed by atoms with Crippen LogP contribution in [0.15, 0.2) is 0 Å². The van der Waals surface area contributed by atoms with E-state index in [1.54, 1.807) is 11.3 Å². The quantitative estimate of drug-likeness (QED) is 0.905. The molecule has 2 saturated heterocycles. The summed E-state index contributed by atoms with van der Waals surface area (Å²) < 4.78 is 0. The van der Waals surface area contributed by atoms with E-state index in [-0.39, 0.29) is 5.92 Å². The summed E-state index contributed by atoms with van der Waals surface area (Å²) in [6.07, 6.45) is 5.57. The molecule has 1 N–H and O–H groups in total. The fourth-order valence-corrected chi connectivity index (χ4v) is 5.09. The first-order chi connectivity index (χ1) is 10.2. The number of nitrogens with zero attached hydrogens (tertiary/aromatic N) is 3. The van der Waals surface area contributed by atoms with Gasteiger partial charge < -0.3 is 10.0 Å². The van der Waals surface area contributed by atoms with Gasteiger partial charge in [0.15, 0.2) is 5.13 Å². The number of aromatic nitrogens is 1. The van der Waals surface area contributed by atoms with Crippen LogP contribution in [0.4, 0.5) is 5.13 Å². The number of thiazole rings is 1. The Balaban J connectivity index is 1.52. The number of carboxylic acid groups (broad SMARTS) is 1. The topological polar surface area (TPSA) is 56.7 Å². The Morgan fingerprint density at radius 2 is 2.14 bits per heavy atom. The zero-order valence-corrected chi connectivity index (χ0v) is 12.9. The summed E-state index contributed by atoms with van der Waals surface area (Å²) in [5.41, 5.74) is 0.841. The van der Waals surface area contributed by atoms with Crippen molar-refractivity contribution < 1.29 is 9.90 Å². The molecule has 0 radical (unpaired) electrons. The number of fused-ring (bicyclic) bond motifs is 2. The van der Waals surface area contributed by atoms with Gasteiger partial charge in [-0.05, 0) is 32.2 Å². The van der Waals surface area contributed by atoms with Gasteiger partial charge in [0.1, 0.15) is 5.92 Å². The number of aliphatic carboxylic acids is 1. The SMILES string of the molecule is O=C(O)C1CCc2sc(N3CCN4CCCCC4C3)nc21. The van der Waals surface area contributed by atoms with E-state index in [4.69, 9.17) is 4.98 Å². The zero-order chi connectivity index (χ0) is 14.4. The van der Waals surface area contributed by atoms with E-state index in [1.165, 1.54) is 30.7 Å². The van der Waals surface area contributed by atoms with Gasteiger partial charge >= 0.3 is 5.97 Å². The lowest BCUT2D eigenvalue weighted by Gasteiger charge is -2.44. The third-order valence-electron chi connectivity index (χ3n) is 5.11. The monoisotopic (exact) mass is 307 g/mol. The van der Waals surface area contributed by atoms with Crippen molar-refractivity contribution in [3.63, 3.8) is 0 Å². The molecule has 2 unspecified atom stereocenters. The number of rotatable bonds is 2. The molecule has 2 fully saturated rings. The van der Waals surface area contributed by atoms with Crippen molar-refractivity contribution in [1.82, 2.24) is 9.88 Å². The van der Waals surface area contributed by atoms with Crippen LogP contribution in [0.25, 0.3) is 0 Å². The van der Waals surface area contributed by atoms with Crippen molar-refractivity contribution in [2.24, 2.45) is 0 Å². The molecule has 4 rings (SSSR count). The predicted molar refractivity (Wildman–Crippen MR) is 82.2 cm³/mol. The Bertz CT molecular complexity index is 559. The van der Waals surface area contributed by atoms with Crippen molar-refractivity contribution in [3.05, 3.63) is 10.6 Å². The third kappa shape index (κ3) is 2.34. The number of carboxylic acids is 1. The Kier molecular flexibility index (Phi) is 3.38. The van der Waals surface area contributed by atoms with Gasteiger partial charge in [-0.3, -0.25) is 9.69 Å². The summed E-state index contributed by atoms with van der Waals surface area (Å²) in [5.74, 6) is -1.09. The van der Waals surface area contributed by atoms with Crippen LogP contribution in [-0.4, -0.2) is 53.2 Å². The van der Waals surface area contributed by atoms with Gasteiger partial charge in [-0.2, -0.15) is 0 Å². The largest absolute Gasteiger partial charge is 0.481 e. The average Bonchev–Trinajstić information content (AvgIpc) is 3.06. The predicted octanol–water partition coefficient (Wildman–Crippen LogP) is 1.93. The average molecular weight is 307 g/mol. The fraction of sp³-hybridized carbons (Fsp3) is 0.733. The maximum absolute atomic E-state index is 11.3. The molecule has 1 aromatic rings. The first-order valence-electron chi connectivity index (χ1n) is 7.94. The summed E-state index contributed by atoms with van der Waals surface area (Å²) >= 11 is 1.72. The van der Waals surface area contributed by atoms with Crippen LogP contribution in [0, 0.1) is 0 Å². The van der Waals surface area contributed by atoms with Crippen LogP contribution in [0.5, 0.6) is 0 Å². The molecule has 3 heterocycles. The van der Waals surface area contributed by atoms with Gasteiger partial charge in [0, 0.05) is 30.6 Å². The van der Waals surface area contributed by atoms with Crippen molar-refractivity contribution in [2.75, 3.05) is 31.1 Å². The van der Waals surface area contributed by atoms with Crippen LogP contribution >= 0.6 is 11.3 Å². The number of hydrogen-bond donors (Lipinski definition) is 1. The second-order valence-electron chi connectivity index (χ2n) is 6.37. The summed E-state index contributed by atoms with van der Waals surface area (Å²) in [6, 6.07) is 0.668. The molecular weight excluding hydrogens is 286 g/mol. The number of anilines is 1. The molecule has 0 bridgehead atoms. The number of piperidine rings is 1. The van der Waals surface area contributed by atoms with Crippen LogP contribution in [0.3, 0.4) is 0 Å². The van der Waals surface area contributed by atoms with E-state index >= 15 is 0 Å². The van der Waals surface area contributed by atoms with E-state index in [0.29, 0.717) is 6.04 Å². The molecule has 1 aromatic heterocycles. The summed E-state index contributed by atoms with van der Waals surface area (Å²) in [5, 5.41) is 10.3. The van der Waals surface area contributed by atoms with E-state index in [1.807, 2.05) is 0 Å². The first-order valence-corrected chi connectivity index (χ1v) is 8.75. The van der Waals surface area contributed by atoms with E-state index < -0.39 is 5.97 Å². The Morgan fingerprint density at radius 1 is 1.24 bits per heavy atom. The highest BCUT2D eigenvalue weighted by Crippen LogP contribution is 2.40. The number of carbonyl (C=O) groups is 1. The minimum atomic E-state index is -0.720. The van der Waals surface area contributed by atoms with Crippen molar-refractivity contribution >= 4 is 22.4 Å². The Labute approximate surface area is 128 Å². The highest BCUT2D eigenvalue weighted by atomic mass is 32.1. The highest BCUT2D eigenvalue weighted by molar-refractivity contribution is 7.15. The zero-order valence-electron chi connectivity index (χ0n) is 12.1. The second kappa shape index (κ2) is 5.25. The minimum absolute atomic E-state index is 0.374. The van der Waals surface area contributed by atoms with Crippen molar-refractivity contribution in [1.29, 1.82) is 0 Å². The number of aryl methyl sites for hydroxylation is 1. The smallest absolute Gasteiger partial charge is 0.312 e. The molecule has 5 nitrogen and oxygen atoms in total. The van der Waals surface area contributed by atoms with Gasteiger partial charge in [-0.25, -0.2) is 4.98 Å². The van der Waals surface area contributed by atoms with Crippen LogP contribution in [-0.2, 0) is 11.2 Å². The van der Waals surface area contributed by atoms with Gasteiger partial charge in [-0.15, -0.1) is 11.3 Å². The molecule has 0 aromatic carbocycles. The molecule has 0 saturated carbocycles. The van der Waals surface area contributed by atoms with Gasteiger partial charge in [0.05, 0.1) is 5.69 Å². The molecular formula is C15H21N3O2S. The minimum Gasteiger partial charge on any atom is -0.481 e. The Hall–Kier alpha value is -1.14. The molecule has 6 heteroatoms. The van der Waals surface area contributed by atoms with Gasteiger partial charge in [0.25, 0.3) is 0 Å². The molecule has 3 aliphatic rings. The summed E-state index contributed by atoms with van der Waals surface area (Å²) in [4.78, 5) is 22.2. The van der Waals surface area contributed by atoms with Gasteiger partial charge in [0.2, 0.25) is 0 Å². The lowest BCUT2D eigenvalue weighted by atomic mass is 10.00. The highest BCUT2D eigenvalue weighted by Gasteiger charge is 2.35.